The fraction of sp³-hybridized carbons (Fsp3) is 0.556. The average molecular weight is 292 g/mol. The quantitative estimate of drug-likeness (QED) is 0.748. The van der Waals surface area contributed by atoms with Crippen LogP contribution in [0.5, 0.6) is 0 Å². The predicted molar refractivity (Wildman–Crippen MR) is 70.8 cm³/mol. The van der Waals surface area contributed by atoms with Crippen molar-refractivity contribution in [2.45, 2.75) is 12.5 Å². The van der Waals surface area contributed by atoms with Gasteiger partial charge in [-0.1, -0.05) is 0 Å². The Morgan fingerprint density at radius 2 is 2.28 bits per heavy atom. The third-order valence-corrected chi connectivity index (χ3v) is 4.80. The van der Waals surface area contributed by atoms with E-state index in [1.165, 1.54) is 25.4 Å². The van der Waals surface area contributed by atoms with Crippen molar-refractivity contribution < 1.29 is 13.2 Å². The number of hydrogen-bond donors (Lipinski definition) is 2. The van der Waals surface area contributed by atoms with Gasteiger partial charge in [-0.2, -0.15) is 0 Å². The number of aromatic nitrogens is 1. The number of nitrogens with one attached hydrogen (secondary N) is 1. The normalized spacial score (nSPS) is 13.6. The van der Waals surface area contributed by atoms with Crippen molar-refractivity contribution in [3.8, 4) is 0 Å². The maximum atomic E-state index is 11.6. The van der Waals surface area contributed by atoms with Gasteiger partial charge in [0, 0.05) is 25.7 Å². The second-order valence-corrected chi connectivity index (χ2v) is 7.02. The van der Waals surface area contributed by atoms with Crippen molar-refractivity contribution in [2.24, 2.45) is 5.73 Å². The minimum absolute atomic E-state index is 0.0672. The molecular weight excluding hydrogens is 276 g/mol. The predicted octanol–water partition coefficient (Wildman–Crippen LogP) is -0.310. The van der Waals surface area contributed by atoms with Crippen LogP contribution >= 0.6 is 11.3 Å². The third-order valence-electron chi connectivity index (χ3n) is 2.24. The van der Waals surface area contributed by atoms with Gasteiger partial charge >= 0.3 is 0 Å². The van der Waals surface area contributed by atoms with Crippen molar-refractivity contribution >= 4 is 32.4 Å². The number of carbonyl (C=O) groups is 1. The molecule has 0 spiro atoms. The molecule has 9 heteroatoms. The highest BCUT2D eigenvalue weighted by Crippen LogP contribution is 2.11. The SMILES string of the molecule is CN(C)S(=O)(=O)CC[C@H](N)C(=O)Nc1nccs1. The Labute approximate surface area is 110 Å². The van der Waals surface area contributed by atoms with E-state index in [4.69, 9.17) is 5.73 Å². The van der Waals surface area contributed by atoms with E-state index in [1.54, 1.807) is 11.6 Å². The Morgan fingerprint density at radius 3 is 2.78 bits per heavy atom. The zero-order valence-corrected chi connectivity index (χ0v) is 11.8. The second-order valence-electron chi connectivity index (χ2n) is 3.82. The van der Waals surface area contributed by atoms with E-state index >= 15 is 0 Å². The standard InChI is InChI=1S/C9H16N4O3S2/c1-13(2)18(15,16)6-3-7(10)8(14)12-9-11-4-5-17-9/h4-5,7H,3,6,10H2,1-2H3,(H,11,12,14)/t7-/m0/s1. The minimum Gasteiger partial charge on any atom is -0.320 e. The van der Waals surface area contributed by atoms with Crippen LogP contribution in [-0.2, 0) is 14.8 Å². The molecule has 0 aliphatic carbocycles. The van der Waals surface area contributed by atoms with Crippen LogP contribution in [0, 0.1) is 0 Å². The smallest absolute Gasteiger partial charge is 0.243 e. The molecule has 0 fully saturated rings. The topological polar surface area (TPSA) is 105 Å². The number of sulfonamides is 1. The summed E-state index contributed by atoms with van der Waals surface area (Å²) >= 11 is 1.27. The first-order valence-electron chi connectivity index (χ1n) is 5.19. The molecule has 0 aliphatic rings. The molecule has 3 N–H and O–H groups in total. The first kappa shape index (κ1) is 15.0. The maximum absolute atomic E-state index is 11.6. The lowest BCUT2D eigenvalue weighted by Crippen LogP contribution is -2.38. The van der Waals surface area contributed by atoms with Crippen LogP contribution in [0.3, 0.4) is 0 Å². The summed E-state index contributed by atoms with van der Waals surface area (Å²) in [5, 5.41) is 4.69. The van der Waals surface area contributed by atoms with Gasteiger partial charge in [0.15, 0.2) is 5.13 Å². The summed E-state index contributed by atoms with van der Waals surface area (Å²) in [6.45, 7) is 0. The van der Waals surface area contributed by atoms with Crippen molar-refractivity contribution in [2.75, 3.05) is 25.2 Å². The highest BCUT2D eigenvalue weighted by Gasteiger charge is 2.20. The summed E-state index contributed by atoms with van der Waals surface area (Å²) in [6.07, 6.45) is 1.63. The molecule has 18 heavy (non-hydrogen) atoms. The van der Waals surface area contributed by atoms with Gasteiger partial charge in [0.05, 0.1) is 11.8 Å². The number of amides is 1. The molecule has 0 radical (unpaired) electrons. The van der Waals surface area contributed by atoms with Crippen molar-refractivity contribution in [3.63, 3.8) is 0 Å². The van der Waals surface area contributed by atoms with E-state index < -0.39 is 22.0 Å². The fourth-order valence-electron chi connectivity index (χ4n) is 1.07. The maximum Gasteiger partial charge on any atom is 0.243 e. The molecule has 0 unspecified atom stereocenters. The Hall–Kier alpha value is -1.03. The van der Waals surface area contributed by atoms with Gasteiger partial charge in [0.25, 0.3) is 0 Å². The van der Waals surface area contributed by atoms with Crippen LogP contribution in [0.2, 0.25) is 0 Å². The van der Waals surface area contributed by atoms with E-state index in [0.717, 1.165) is 4.31 Å². The first-order chi connectivity index (χ1) is 8.33. The van der Waals surface area contributed by atoms with Crippen LogP contribution in [0.4, 0.5) is 5.13 Å². The van der Waals surface area contributed by atoms with Crippen LogP contribution < -0.4 is 11.1 Å². The Bertz CT molecular complexity index is 484. The number of carbonyl (C=O) groups excluding carboxylic acids is 1. The summed E-state index contributed by atoms with van der Waals surface area (Å²) in [4.78, 5) is 15.5. The molecule has 0 bridgehead atoms. The Balaban J connectivity index is 2.46. The van der Waals surface area contributed by atoms with Gasteiger partial charge in [0.1, 0.15) is 0 Å². The molecule has 0 aliphatic heterocycles. The summed E-state index contributed by atoms with van der Waals surface area (Å²) in [5.41, 5.74) is 5.62. The number of hydrogen-bond acceptors (Lipinski definition) is 6. The molecular formula is C9H16N4O3S2. The Kier molecular flexibility index (Phi) is 5.20. The van der Waals surface area contributed by atoms with Crippen LogP contribution in [0.15, 0.2) is 11.6 Å². The van der Waals surface area contributed by atoms with Gasteiger partial charge in [0.2, 0.25) is 15.9 Å². The molecule has 102 valence electrons. The number of anilines is 1. The highest BCUT2D eigenvalue weighted by molar-refractivity contribution is 7.89. The summed E-state index contributed by atoms with van der Waals surface area (Å²) < 4.78 is 24.1. The van der Waals surface area contributed by atoms with Crippen molar-refractivity contribution in [3.05, 3.63) is 11.6 Å². The lowest BCUT2D eigenvalue weighted by molar-refractivity contribution is -0.117. The van der Waals surface area contributed by atoms with Crippen molar-refractivity contribution in [1.82, 2.24) is 9.29 Å². The number of nitrogens with zero attached hydrogens (tertiary/aromatic N) is 2. The highest BCUT2D eigenvalue weighted by atomic mass is 32.2. The minimum atomic E-state index is -3.33. The molecule has 1 aromatic rings. The molecule has 1 atom stereocenters. The zero-order valence-electron chi connectivity index (χ0n) is 10.2. The Morgan fingerprint density at radius 1 is 1.61 bits per heavy atom. The van der Waals surface area contributed by atoms with Crippen molar-refractivity contribution in [1.29, 1.82) is 0 Å². The van der Waals surface area contributed by atoms with Crippen LogP contribution in [-0.4, -0.2) is 49.5 Å². The number of rotatable bonds is 6. The lowest BCUT2D eigenvalue weighted by atomic mass is 10.2. The van der Waals surface area contributed by atoms with Crippen LogP contribution in [0.1, 0.15) is 6.42 Å². The zero-order chi connectivity index (χ0) is 13.8. The summed E-state index contributed by atoms with van der Waals surface area (Å²) in [6, 6.07) is -0.872. The molecule has 0 saturated heterocycles. The molecule has 7 nitrogen and oxygen atoms in total. The fourth-order valence-corrected chi connectivity index (χ4v) is 2.52. The molecule has 0 aromatic carbocycles. The lowest BCUT2D eigenvalue weighted by Gasteiger charge is -2.14. The van der Waals surface area contributed by atoms with Crippen LogP contribution in [0.25, 0.3) is 0 Å². The largest absolute Gasteiger partial charge is 0.320 e. The monoisotopic (exact) mass is 292 g/mol. The summed E-state index contributed by atoms with van der Waals surface area (Å²) in [7, 11) is -0.447. The third kappa shape index (κ3) is 4.33. The average Bonchev–Trinajstić information content (AvgIpc) is 2.78. The van der Waals surface area contributed by atoms with E-state index in [0.29, 0.717) is 5.13 Å². The molecule has 1 aromatic heterocycles. The summed E-state index contributed by atoms with van der Waals surface area (Å²) in [5.74, 6) is -0.592. The van der Waals surface area contributed by atoms with Gasteiger partial charge in [-0.3, -0.25) is 4.79 Å². The number of thiazole rings is 1. The molecule has 1 heterocycles. The van der Waals surface area contributed by atoms with E-state index in [-0.39, 0.29) is 12.2 Å². The van der Waals surface area contributed by atoms with Gasteiger partial charge in [-0.15, -0.1) is 11.3 Å². The van der Waals surface area contributed by atoms with Gasteiger partial charge in [-0.05, 0) is 6.42 Å². The molecule has 1 rings (SSSR count). The first-order valence-corrected chi connectivity index (χ1v) is 7.68. The van der Waals surface area contributed by atoms with E-state index in [2.05, 4.69) is 10.3 Å². The van der Waals surface area contributed by atoms with E-state index in [9.17, 15) is 13.2 Å². The molecule has 1 amide bonds. The number of nitrogens with two attached hydrogens (primary N) is 1. The second kappa shape index (κ2) is 6.23. The van der Waals surface area contributed by atoms with Gasteiger partial charge < -0.3 is 11.1 Å². The van der Waals surface area contributed by atoms with E-state index in [1.807, 2.05) is 0 Å². The van der Waals surface area contributed by atoms with Gasteiger partial charge in [-0.25, -0.2) is 17.7 Å². The molecule has 0 saturated carbocycles.